The number of carbonyl (C=O) groups is 1. The van der Waals surface area contributed by atoms with Crippen LogP contribution in [0.5, 0.6) is 5.75 Å². The summed E-state index contributed by atoms with van der Waals surface area (Å²) in [6.07, 6.45) is 1.79. The molecule has 4 rings (SSSR count). The van der Waals surface area contributed by atoms with Crippen LogP contribution in [0, 0.1) is 13.8 Å². The van der Waals surface area contributed by atoms with Crippen molar-refractivity contribution in [1.29, 1.82) is 0 Å². The predicted octanol–water partition coefficient (Wildman–Crippen LogP) is 1.35. The van der Waals surface area contributed by atoms with Crippen LogP contribution < -0.4 is 16.0 Å². The fourth-order valence-electron chi connectivity index (χ4n) is 3.65. The van der Waals surface area contributed by atoms with Gasteiger partial charge >= 0.3 is 5.69 Å². The highest BCUT2D eigenvalue weighted by atomic mass is 16.5. The molecule has 0 saturated heterocycles. The van der Waals surface area contributed by atoms with E-state index in [1.54, 1.807) is 17.7 Å². The number of fused-ring (bicyclic) bond motifs is 3. The number of hydrogen-bond acceptors (Lipinski definition) is 5. The number of ether oxygens (including phenoxy) is 1. The molecule has 0 bridgehead atoms. The Kier molecular flexibility index (Phi) is 4.18. The van der Waals surface area contributed by atoms with Crippen LogP contribution in [0.15, 0.2) is 34.0 Å². The fourth-order valence-corrected chi connectivity index (χ4v) is 3.65. The molecular weight excluding hydrogens is 374 g/mol. The molecule has 3 aromatic heterocycles. The van der Waals surface area contributed by atoms with E-state index in [1.807, 2.05) is 36.6 Å². The van der Waals surface area contributed by atoms with Crippen LogP contribution in [0.4, 0.5) is 0 Å². The van der Waals surface area contributed by atoms with E-state index in [0.717, 1.165) is 21.5 Å². The number of imidazole rings is 2. The van der Waals surface area contributed by atoms with Gasteiger partial charge in [-0.3, -0.25) is 27.7 Å². The summed E-state index contributed by atoms with van der Waals surface area (Å²) in [7, 11) is 3.13. The number of aromatic nitrogens is 5. The molecule has 0 aliphatic heterocycles. The van der Waals surface area contributed by atoms with Crippen molar-refractivity contribution in [2.24, 2.45) is 7.05 Å². The van der Waals surface area contributed by atoms with E-state index in [4.69, 9.17) is 4.74 Å². The Morgan fingerprint density at radius 2 is 1.93 bits per heavy atom. The monoisotopic (exact) mass is 395 g/mol. The van der Waals surface area contributed by atoms with Gasteiger partial charge in [-0.05, 0) is 38.5 Å². The van der Waals surface area contributed by atoms with Gasteiger partial charge in [-0.15, -0.1) is 0 Å². The number of carbonyl (C=O) groups excluding carboxylic acids is 1. The van der Waals surface area contributed by atoms with E-state index >= 15 is 0 Å². The zero-order chi connectivity index (χ0) is 21.0. The second-order valence-corrected chi connectivity index (χ2v) is 7.17. The highest BCUT2D eigenvalue weighted by molar-refractivity contribution is 5.78. The summed E-state index contributed by atoms with van der Waals surface area (Å²) < 4.78 is 11.3. The van der Waals surface area contributed by atoms with E-state index in [2.05, 4.69) is 4.98 Å². The van der Waals surface area contributed by atoms with Gasteiger partial charge in [0.1, 0.15) is 11.5 Å². The minimum absolute atomic E-state index is 0.247. The standard InChI is InChI=1S/C20H21N5O4/c1-11-6-7-15(29-5)14(8-11)25-12(2)9-23-16-17(21-19(23)25)22(4)20(28)24(18(16)27)10-13(3)26/h6-9H,10H2,1-5H3. The summed E-state index contributed by atoms with van der Waals surface area (Å²) in [4.78, 5) is 41.8. The maximum absolute atomic E-state index is 13.0. The summed E-state index contributed by atoms with van der Waals surface area (Å²) in [5.41, 5.74) is 2.05. The highest BCUT2D eigenvalue weighted by Gasteiger charge is 2.22. The molecule has 0 aliphatic carbocycles. The number of methoxy groups -OCH3 is 1. The van der Waals surface area contributed by atoms with Crippen molar-refractivity contribution in [1.82, 2.24) is 23.1 Å². The maximum Gasteiger partial charge on any atom is 0.332 e. The minimum atomic E-state index is -0.574. The van der Waals surface area contributed by atoms with Gasteiger partial charge in [0.15, 0.2) is 11.2 Å². The third kappa shape index (κ3) is 2.69. The van der Waals surface area contributed by atoms with Crippen molar-refractivity contribution in [3.63, 3.8) is 0 Å². The number of benzene rings is 1. The number of nitrogens with zero attached hydrogens (tertiary/aromatic N) is 5. The van der Waals surface area contributed by atoms with E-state index in [0.29, 0.717) is 11.5 Å². The second-order valence-electron chi connectivity index (χ2n) is 7.17. The molecule has 0 saturated carbocycles. The van der Waals surface area contributed by atoms with Crippen LogP contribution in [-0.2, 0) is 18.4 Å². The van der Waals surface area contributed by atoms with Crippen molar-refractivity contribution in [2.75, 3.05) is 7.11 Å². The first-order valence-corrected chi connectivity index (χ1v) is 9.09. The van der Waals surface area contributed by atoms with Crippen molar-refractivity contribution in [2.45, 2.75) is 27.3 Å². The Bertz CT molecular complexity index is 1420. The highest BCUT2D eigenvalue weighted by Crippen LogP contribution is 2.28. The molecular formula is C20H21N5O4. The molecule has 9 nitrogen and oxygen atoms in total. The Balaban J connectivity index is 2.15. The van der Waals surface area contributed by atoms with Crippen LogP contribution in [0.25, 0.3) is 22.6 Å². The van der Waals surface area contributed by atoms with Gasteiger partial charge in [0.05, 0.1) is 19.3 Å². The third-order valence-corrected chi connectivity index (χ3v) is 4.98. The molecule has 0 fully saturated rings. The molecule has 3 heterocycles. The van der Waals surface area contributed by atoms with Crippen LogP contribution >= 0.6 is 0 Å². The van der Waals surface area contributed by atoms with Gasteiger partial charge in [0.2, 0.25) is 5.78 Å². The van der Waals surface area contributed by atoms with Crippen LogP contribution in [0.3, 0.4) is 0 Å². The molecule has 150 valence electrons. The third-order valence-electron chi connectivity index (χ3n) is 4.98. The minimum Gasteiger partial charge on any atom is -0.495 e. The van der Waals surface area contributed by atoms with Crippen molar-refractivity contribution in [3.05, 3.63) is 56.5 Å². The lowest BCUT2D eigenvalue weighted by Crippen LogP contribution is -2.40. The van der Waals surface area contributed by atoms with E-state index in [-0.39, 0.29) is 23.5 Å². The topological polar surface area (TPSA) is 92.5 Å². The smallest absolute Gasteiger partial charge is 0.332 e. The number of Topliss-reactive ketones (excluding diaryl/α,β-unsaturated/α-hetero) is 1. The zero-order valence-corrected chi connectivity index (χ0v) is 16.9. The second kappa shape index (κ2) is 6.47. The molecule has 1 aromatic carbocycles. The molecule has 0 aliphatic rings. The Morgan fingerprint density at radius 3 is 2.59 bits per heavy atom. The number of aryl methyl sites for hydroxylation is 3. The lowest BCUT2D eigenvalue weighted by molar-refractivity contribution is -0.117. The van der Waals surface area contributed by atoms with Crippen molar-refractivity contribution < 1.29 is 9.53 Å². The molecule has 9 heteroatoms. The van der Waals surface area contributed by atoms with Gasteiger partial charge in [-0.25, -0.2) is 4.79 Å². The molecule has 0 atom stereocenters. The first-order chi connectivity index (χ1) is 13.7. The normalized spacial score (nSPS) is 11.5. The molecule has 0 unspecified atom stereocenters. The van der Waals surface area contributed by atoms with E-state index < -0.39 is 11.2 Å². The van der Waals surface area contributed by atoms with E-state index in [1.165, 1.54) is 18.5 Å². The van der Waals surface area contributed by atoms with Crippen LogP contribution in [0.2, 0.25) is 0 Å². The summed E-state index contributed by atoms with van der Waals surface area (Å²) in [6, 6.07) is 5.79. The quantitative estimate of drug-likeness (QED) is 0.520. The van der Waals surface area contributed by atoms with E-state index in [9.17, 15) is 14.4 Å². The number of hydrogen-bond donors (Lipinski definition) is 0. The van der Waals surface area contributed by atoms with Gasteiger partial charge in [0.25, 0.3) is 5.56 Å². The fraction of sp³-hybridized carbons (Fsp3) is 0.300. The first kappa shape index (κ1) is 18.7. The van der Waals surface area contributed by atoms with Crippen molar-refractivity contribution >= 4 is 22.7 Å². The largest absolute Gasteiger partial charge is 0.495 e. The molecule has 4 aromatic rings. The SMILES string of the molecule is COc1ccc(C)cc1-n1c(C)cn2c3c(=O)n(CC(C)=O)c(=O)n(C)c3nc12. The Labute approximate surface area is 165 Å². The number of rotatable bonds is 4. The van der Waals surface area contributed by atoms with Crippen molar-refractivity contribution in [3.8, 4) is 11.4 Å². The average Bonchev–Trinajstić information content (AvgIpc) is 3.17. The summed E-state index contributed by atoms with van der Waals surface area (Å²) in [5, 5.41) is 0. The van der Waals surface area contributed by atoms with Gasteiger partial charge in [0, 0.05) is 18.9 Å². The van der Waals surface area contributed by atoms with Gasteiger partial charge in [-0.1, -0.05) is 6.07 Å². The lowest BCUT2D eigenvalue weighted by Gasteiger charge is -2.12. The van der Waals surface area contributed by atoms with Gasteiger partial charge < -0.3 is 4.74 Å². The molecule has 0 spiro atoms. The molecule has 29 heavy (non-hydrogen) atoms. The van der Waals surface area contributed by atoms with Crippen LogP contribution in [-0.4, -0.2) is 36.0 Å². The Morgan fingerprint density at radius 1 is 1.21 bits per heavy atom. The average molecular weight is 395 g/mol. The number of ketones is 1. The predicted molar refractivity (Wildman–Crippen MR) is 108 cm³/mol. The summed E-state index contributed by atoms with van der Waals surface area (Å²) in [6.45, 7) is 4.94. The lowest BCUT2D eigenvalue weighted by atomic mass is 10.2. The van der Waals surface area contributed by atoms with Gasteiger partial charge in [-0.2, -0.15) is 4.98 Å². The zero-order valence-electron chi connectivity index (χ0n) is 16.9. The first-order valence-electron chi connectivity index (χ1n) is 9.09. The summed E-state index contributed by atoms with van der Waals surface area (Å²) >= 11 is 0. The molecule has 0 radical (unpaired) electrons. The summed E-state index contributed by atoms with van der Waals surface area (Å²) in [5.74, 6) is 0.864. The molecule has 0 N–H and O–H groups in total. The molecule has 0 amide bonds. The van der Waals surface area contributed by atoms with Crippen LogP contribution in [0.1, 0.15) is 18.2 Å². The maximum atomic E-state index is 13.0. The Hall–Kier alpha value is -3.62.